The number of anilines is 1. The van der Waals surface area contributed by atoms with Crippen LogP contribution >= 0.6 is 0 Å². The van der Waals surface area contributed by atoms with Crippen LogP contribution in [0.5, 0.6) is 0 Å². The van der Waals surface area contributed by atoms with Crippen molar-refractivity contribution in [1.29, 1.82) is 0 Å². The fraction of sp³-hybridized carbons (Fsp3) is 0.318. The van der Waals surface area contributed by atoms with Gasteiger partial charge in [0.05, 0.1) is 30.2 Å². The van der Waals surface area contributed by atoms with Gasteiger partial charge in [0.25, 0.3) is 6.43 Å². The normalized spacial score (nSPS) is 15.3. The Balaban J connectivity index is 1.73. The van der Waals surface area contributed by atoms with Gasteiger partial charge in [-0.25, -0.2) is 28.1 Å². The third kappa shape index (κ3) is 4.00. The Hall–Kier alpha value is -3.00. The van der Waals surface area contributed by atoms with Crippen LogP contribution in [0.1, 0.15) is 48.3 Å². The average Bonchev–Trinajstić information content (AvgIpc) is 2.74. The summed E-state index contributed by atoms with van der Waals surface area (Å²) in [6.45, 7) is 4.65. The van der Waals surface area contributed by atoms with E-state index in [2.05, 4.69) is 20.3 Å². The molecule has 0 spiro atoms. The van der Waals surface area contributed by atoms with Crippen LogP contribution in [-0.4, -0.2) is 28.2 Å². The van der Waals surface area contributed by atoms with Gasteiger partial charge < -0.3 is 10.1 Å². The fourth-order valence-electron chi connectivity index (χ4n) is 3.55. The van der Waals surface area contributed by atoms with Crippen LogP contribution in [0.2, 0.25) is 0 Å². The Morgan fingerprint density at radius 3 is 2.70 bits per heavy atom. The Morgan fingerprint density at radius 2 is 1.97 bits per heavy atom. The minimum absolute atomic E-state index is 0.147. The first-order chi connectivity index (χ1) is 14.4. The predicted octanol–water partition coefficient (Wildman–Crippen LogP) is 5.39. The maximum Gasteiger partial charge on any atom is 0.266 e. The van der Waals surface area contributed by atoms with Crippen LogP contribution in [-0.2, 0) is 4.74 Å². The molecule has 3 heterocycles. The fourth-order valence-corrected chi connectivity index (χ4v) is 3.55. The second kappa shape index (κ2) is 8.39. The first-order valence-corrected chi connectivity index (χ1v) is 9.68. The highest BCUT2D eigenvalue weighted by Crippen LogP contribution is 2.31. The van der Waals surface area contributed by atoms with Crippen molar-refractivity contribution in [2.75, 3.05) is 18.5 Å². The lowest BCUT2D eigenvalue weighted by molar-refractivity contribution is 0.146. The number of benzene rings is 1. The standard InChI is InChI=1S/C22H21F3N4O/c1-12(16-4-3-5-17(19(16)23)20(24)25)27-22-18-10-15(14-6-8-30-9-7-14)11-26-21(18)28-13(2)29-22/h3-6,10-12,20H,7-9H2,1-2H3,(H,26,27,28,29)/t12-/m1/s1. The van der Waals surface area contributed by atoms with Crippen molar-refractivity contribution < 1.29 is 17.9 Å². The summed E-state index contributed by atoms with van der Waals surface area (Å²) in [4.78, 5) is 13.3. The van der Waals surface area contributed by atoms with Gasteiger partial charge in [0.1, 0.15) is 17.5 Å². The van der Waals surface area contributed by atoms with Gasteiger partial charge in [-0.15, -0.1) is 0 Å². The molecule has 0 saturated heterocycles. The van der Waals surface area contributed by atoms with E-state index in [0.29, 0.717) is 35.9 Å². The van der Waals surface area contributed by atoms with Gasteiger partial charge in [-0.05, 0) is 37.5 Å². The molecular formula is C22H21F3N4O. The molecule has 1 N–H and O–H groups in total. The number of hydrogen-bond donors (Lipinski definition) is 1. The second-order valence-electron chi connectivity index (χ2n) is 7.19. The van der Waals surface area contributed by atoms with E-state index in [4.69, 9.17) is 4.74 Å². The SMILES string of the molecule is Cc1nc(N[C@H](C)c2cccc(C(F)F)c2F)c2cc(C3=CCOCC3)cnc2n1. The molecule has 1 aliphatic heterocycles. The van der Waals surface area contributed by atoms with Crippen molar-refractivity contribution in [2.45, 2.75) is 32.7 Å². The number of rotatable bonds is 5. The molecule has 8 heteroatoms. The van der Waals surface area contributed by atoms with E-state index in [1.807, 2.05) is 12.1 Å². The zero-order chi connectivity index (χ0) is 21.3. The van der Waals surface area contributed by atoms with Gasteiger partial charge in [-0.3, -0.25) is 0 Å². The molecule has 0 radical (unpaired) electrons. The van der Waals surface area contributed by atoms with Crippen molar-refractivity contribution in [3.8, 4) is 0 Å². The number of alkyl halides is 2. The Labute approximate surface area is 172 Å². The van der Waals surface area contributed by atoms with Crippen LogP contribution in [0.15, 0.2) is 36.5 Å². The molecule has 1 atom stereocenters. The topological polar surface area (TPSA) is 59.9 Å². The number of aryl methyl sites for hydroxylation is 1. The number of hydrogen-bond acceptors (Lipinski definition) is 5. The zero-order valence-electron chi connectivity index (χ0n) is 16.6. The van der Waals surface area contributed by atoms with E-state index in [-0.39, 0.29) is 5.56 Å². The average molecular weight is 414 g/mol. The van der Waals surface area contributed by atoms with E-state index in [1.165, 1.54) is 12.1 Å². The molecule has 0 unspecified atom stereocenters. The summed E-state index contributed by atoms with van der Waals surface area (Å²) >= 11 is 0. The zero-order valence-corrected chi connectivity index (χ0v) is 16.6. The largest absolute Gasteiger partial charge is 0.377 e. The van der Waals surface area contributed by atoms with Gasteiger partial charge in [0.2, 0.25) is 0 Å². The van der Waals surface area contributed by atoms with Crippen molar-refractivity contribution in [2.24, 2.45) is 0 Å². The number of halogens is 3. The van der Waals surface area contributed by atoms with Crippen LogP contribution in [0, 0.1) is 12.7 Å². The van der Waals surface area contributed by atoms with Crippen molar-refractivity contribution in [3.63, 3.8) is 0 Å². The Kier molecular flexibility index (Phi) is 5.67. The highest BCUT2D eigenvalue weighted by atomic mass is 19.3. The second-order valence-corrected chi connectivity index (χ2v) is 7.19. The van der Waals surface area contributed by atoms with E-state index < -0.39 is 23.8 Å². The molecule has 0 amide bonds. The molecular weight excluding hydrogens is 393 g/mol. The lowest BCUT2D eigenvalue weighted by atomic mass is 10.0. The van der Waals surface area contributed by atoms with Crippen LogP contribution in [0.3, 0.4) is 0 Å². The summed E-state index contributed by atoms with van der Waals surface area (Å²) in [5.74, 6) is 0.0761. The highest BCUT2D eigenvalue weighted by Gasteiger charge is 2.20. The summed E-state index contributed by atoms with van der Waals surface area (Å²) in [5.41, 5.74) is 2.12. The van der Waals surface area contributed by atoms with E-state index >= 15 is 0 Å². The van der Waals surface area contributed by atoms with Crippen LogP contribution in [0.4, 0.5) is 19.0 Å². The molecule has 0 aliphatic carbocycles. The van der Waals surface area contributed by atoms with E-state index in [0.717, 1.165) is 23.6 Å². The molecule has 0 bridgehead atoms. The quantitative estimate of drug-likeness (QED) is 0.607. The summed E-state index contributed by atoms with van der Waals surface area (Å²) in [5, 5.41) is 3.84. The molecule has 156 valence electrons. The maximum atomic E-state index is 14.6. The predicted molar refractivity (Wildman–Crippen MR) is 109 cm³/mol. The van der Waals surface area contributed by atoms with Crippen LogP contribution < -0.4 is 5.32 Å². The van der Waals surface area contributed by atoms with Crippen LogP contribution in [0.25, 0.3) is 16.6 Å². The number of aromatic nitrogens is 3. The van der Waals surface area contributed by atoms with E-state index in [1.54, 1.807) is 20.0 Å². The summed E-state index contributed by atoms with van der Waals surface area (Å²) < 4.78 is 46.1. The molecule has 2 aromatic heterocycles. The first-order valence-electron chi connectivity index (χ1n) is 9.68. The van der Waals surface area contributed by atoms with Gasteiger partial charge in [0.15, 0.2) is 5.65 Å². The lowest BCUT2D eigenvalue weighted by Gasteiger charge is -2.19. The molecule has 3 aromatic rings. The summed E-state index contributed by atoms with van der Waals surface area (Å²) in [6.07, 6.45) is 1.69. The van der Waals surface area contributed by atoms with Gasteiger partial charge in [0, 0.05) is 11.8 Å². The Bertz CT molecular complexity index is 1120. The molecule has 1 aliphatic rings. The number of fused-ring (bicyclic) bond motifs is 1. The number of pyridine rings is 1. The lowest BCUT2D eigenvalue weighted by Crippen LogP contribution is -2.12. The number of nitrogens with one attached hydrogen (secondary N) is 1. The monoisotopic (exact) mass is 414 g/mol. The molecule has 5 nitrogen and oxygen atoms in total. The maximum absolute atomic E-state index is 14.6. The molecule has 4 rings (SSSR count). The minimum Gasteiger partial charge on any atom is -0.377 e. The number of nitrogens with zero attached hydrogens (tertiary/aromatic N) is 3. The van der Waals surface area contributed by atoms with Gasteiger partial charge in [-0.1, -0.05) is 24.3 Å². The highest BCUT2D eigenvalue weighted by molar-refractivity contribution is 5.89. The third-order valence-electron chi connectivity index (χ3n) is 5.11. The molecule has 1 aromatic carbocycles. The van der Waals surface area contributed by atoms with Crippen molar-refractivity contribution >= 4 is 22.4 Å². The number of ether oxygens (including phenoxy) is 1. The Morgan fingerprint density at radius 1 is 1.17 bits per heavy atom. The summed E-state index contributed by atoms with van der Waals surface area (Å²) in [6, 6.07) is 5.37. The van der Waals surface area contributed by atoms with Gasteiger partial charge >= 0.3 is 0 Å². The van der Waals surface area contributed by atoms with Crippen molar-refractivity contribution in [1.82, 2.24) is 15.0 Å². The summed E-state index contributed by atoms with van der Waals surface area (Å²) in [7, 11) is 0. The molecule has 30 heavy (non-hydrogen) atoms. The third-order valence-corrected chi connectivity index (χ3v) is 5.11. The minimum atomic E-state index is -2.88. The smallest absolute Gasteiger partial charge is 0.266 e. The molecule has 0 saturated carbocycles. The van der Waals surface area contributed by atoms with Gasteiger partial charge in [-0.2, -0.15) is 0 Å². The first kappa shape index (κ1) is 20.3. The van der Waals surface area contributed by atoms with E-state index in [9.17, 15) is 13.2 Å². The molecule has 0 fully saturated rings. The van der Waals surface area contributed by atoms with Crippen molar-refractivity contribution in [3.05, 3.63) is 64.9 Å².